The molecule has 3 N–H and O–H groups in total. The van der Waals surface area contributed by atoms with Crippen LogP contribution >= 0.6 is 12.2 Å². The van der Waals surface area contributed by atoms with Crippen LogP contribution in [-0.4, -0.2) is 27.3 Å². The second-order valence-corrected chi connectivity index (χ2v) is 5.43. The predicted octanol–water partition coefficient (Wildman–Crippen LogP) is 1.93. The van der Waals surface area contributed by atoms with E-state index in [4.69, 9.17) is 12.2 Å². The van der Waals surface area contributed by atoms with Gasteiger partial charge in [-0.15, -0.1) is 0 Å². The number of rotatable bonds is 3. The van der Waals surface area contributed by atoms with Gasteiger partial charge in [-0.3, -0.25) is 9.69 Å². The number of hydrogen-bond acceptors (Lipinski definition) is 4. The summed E-state index contributed by atoms with van der Waals surface area (Å²) >= 11 is 5.24. The number of para-hydroxylation sites is 1. The summed E-state index contributed by atoms with van der Waals surface area (Å²) in [6.07, 6.45) is 0.371. The van der Waals surface area contributed by atoms with Crippen LogP contribution in [0.2, 0.25) is 0 Å². The molecule has 0 aliphatic carbocycles. The molecule has 1 atom stereocenters. The Hall–Kier alpha value is -2.60. The summed E-state index contributed by atoms with van der Waals surface area (Å²) < 4.78 is 0. The Morgan fingerprint density at radius 2 is 1.82 bits per heavy atom. The number of aromatic hydroxyl groups is 2. The molecule has 0 radical (unpaired) electrons. The van der Waals surface area contributed by atoms with E-state index in [1.54, 1.807) is 6.07 Å². The molecule has 1 heterocycles. The number of thiocarbonyl (C=S) groups is 1. The van der Waals surface area contributed by atoms with Crippen LogP contribution in [0, 0.1) is 0 Å². The van der Waals surface area contributed by atoms with E-state index in [-0.39, 0.29) is 17.4 Å². The standard InChI is InChI=1S/C16H14N2O3S/c19-13-7-6-10(9-14(13)20)8-12-15(21)18(16(22)17-12)11-4-2-1-3-5-11/h1-7,9,12,19-20H,8H2,(H,17,22)/t12-/m0/s1. The van der Waals surface area contributed by atoms with Gasteiger partial charge in [-0.05, 0) is 42.0 Å². The fraction of sp³-hybridized carbons (Fsp3) is 0.125. The molecule has 1 aliphatic rings. The van der Waals surface area contributed by atoms with Crippen molar-refractivity contribution in [2.45, 2.75) is 12.5 Å². The lowest BCUT2D eigenvalue weighted by Gasteiger charge is -2.14. The minimum Gasteiger partial charge on any atom is -0.504 e. The highest BCUT2D eigenvalue weighted by atomic mass is 32.1. The van der Waals surface area contributed by atoms with E-state index >= 15 is 0 Å². The first-order valence-corrected chi connectivity index (χ1v) is 7.17. The predicted molar refractivity (Wildman–Crippen MR) is 86.9 cm³/mol. The van der Waals surface area contributed by atoms with Gasteiger partial charge in [-0.1, -0.05) is 24.3 Å². The molecule has 2 aromatic rings. The second-order valence-electron chi connectivity index (χ2n) is 5.04. The van der Waals surface area contributed by atoms with Crippen LogP contribution < -0.4 is 10.2 Å². The summed E-state index contributed by atoms with van der Waals surface area (Å²) in [5, 5.41) is 22.2. The van der Waals surface area contributed by atoms with Crippen molar-refractivity contribution < 1.29 is 15.0 Å². The number of anilines is 1. The van der Waals surface area contributed by atoms with Crippen LogP contribution in [-0.2, 0) is 11.2 Å². The molecular formula is C16H14N2O3S. The Balaban J connectivity index is 1.80. The van der Waals surface area contributed by atoms with Crippen LogP contribution in [0.25, 0.3) is 0 Å². The Morgan fingerprint density at radius 3 is 2.50 bits per heavy atom. The number of benzene rings is 2. The van der Waals surface area contributed by atoms with Crippen LogP contribution in [0.3, 0.4) is 0 Å². The topological polar surface area (TPSA) is 72.8 Å². The molecule has 1 aliphatic heterocycles. The lowest BCUT2D eigenvalue weighted by Crippen LogP contribution is -2.32. The largest absolute Gasteiger partial charge is 0.504 e. The van der Waals surface area contributed by atoms with E-state index in [1.807, 2.05) is 30.3 Å². The van der Waals surface area contributed by atoms with Crippen LogP contribution in [0.1, 0.15) is 5.56 Å². The van der Waals surface area contributed by atoms with Gasteiger partial charge in [0.1, 0.15) is 6.04 Å². The zero-order chi connectivity index (χ0) is 15.7. The molecule has 0 aromatic heterocycles. The summed E-state index contributed by atoms with van der Waals surface area (Å²) in [6, 6.07) is 13.2. The van der Waals surface area contributed by atoms with Gasteiger partial charge in [-0.2, -0.15) is 0 Å². The molecule has 1 amide bonds. The third-order valence-electron chi connectivity index (χ3n) is 3.51. The quantitative estimate of drug-likeness (QED) is 0.596. The van der Waals surface area contributed by atoms with E-state index in [0.717, 1.165) is 11.3 Å². The average Bonchev–Trinajstić information content (AvgIpc) is 2.78. The molecule has 1 saturated heterocycles. The molecular weight excluding hydrogens is 300 g/mol. The van der Waals surface area contributed by atoms with Crippen molar-refractivity contribution >= 4 is 28.9 Å². The minimum absolute atomic E-state index is 0.135. The van der Waals surface area contributed by atoms with Crippen molar-refractivity contribution in [2.75, 3.05) is 4.90 Å². The molecule has 112 valence electrons. The van der Waals surface area contributed by atoms with E-state index in [0.29, 0.717) is 11.5 Å². The number of phenols is 2. The fourth-order valence-electron chi connectivity index (χ4n) is 2.42. The van der Waals surface area contributed by atoms with Crippen molar-refractivity contribution in [1.29, 1.82) is 0 Å². The number of amides is 1. The first kappa shape index (κ1) is 14.3. The highest BCUT2D eigenvalue weighted by Gasteiger charge is 2.36. The number of carbonyl (C=O) groups is 1. The average molecular weight is 314 g/mol. The van der Waals surface area contributed by atoms with Gasteiger partial charge >= 0.3 is 0 Å². The van der Waals surface area contributed by atoms with Gasteiger partial charge in [0, 0.05) is 6.42 Å². The zero-order valence-corrected chi connectivity index (χ0v) is 12.4. The van der Waals surface area contributed by atoms with E-state index in [2.05, 4.69) is 5.32 Å². The Kier molecular flexibility index (Phi) is 3.68. The first-order chi connectivity index (χ1) is 10.6. The molecule has 0 bridgehead atoms. The van der Waals surface area contributed by atoms with Gasteiger partial charge < -0.3 is 15.5 Å². The number of nitrogens with one attached hydrogen (secondary N) is 1. The summed E-state index contributed by atoms with van der Waals surface area (Å²) in [6.45, 7) is 0. The lowest BCUT2D eigenvalue weighted by molar-refractivity contribution is -0.118. The van der Waals surface area contributed by atoms with Crippen LogP contribution in [0.4, 0.5) is 5.69 Å². The molecule has 2 aromatic carbocycles. The third-order valence-corrected chi connectivity index (χ3v) is 3.81. The van der Waals surface area contributed by atoms with Crippen molar-refractivity contribution in [3.63, 3.8) is 0 Å². The van der Waals surface area contributed by atoms with Crippen LogP contribution in [0.15, 0.2) is 48.5 Å². The molecule has 0 spiro atoms. The number of nitrogens with zero attached hydrogens (tertiary/aromatic N) is 1. The fourth-order valence-corrected chi connectivity index (χ4v) is 2.76. The zero-order valence-electron chi connectivity index (χ0n) is 11.6. The Morgan fingerprint density at radius 1 is 1.09 bits per heavy atom. The van der Waals surface area contributed by atoms with E-state index in [9.17, 15) is 15.0 Å². The minimum atomic E-state index is -0.489. The van der Waals surface area contributed by atoms with Gasteiger partial charge in [-0.25, -0.2) is 0 Å². The molecule has 0 unspecified atom stereocenters. The highest BCUT2D eigenvalue weighted by Crippen LogP contribution is 2.27. The molecule has 5 nitrogen and oxygen atoms in total. The summed E-state index contributed by atoms with van der Waals surface area (Å²) in [5.74, 6) is -0.523. The summed E-state index contributed by atoms with van der Waals surface area (Å²) in [4.78, 5) is 14.0. The first-order valence-electron chi connectivity index (χ1n) is 6.76. The number of phenolic OH excluding ortho intramolecular Hbond substituents is 2. The highest BCUT2D eigenvalue weighted by molar-refractivity contribution is 7.80. The maximum atomic E-state index is 12.5. The number of hydrogen-bond donors (Lipinski definition) is 3. The monoisotopic (exact) mass is 314 g/mol. The second kappa shape index (κ2) is 5.65. The van der Waals surface area contributed by atoms with E-state index < -0.39 is 6.04 Å². The lowest BCUT2D eigenvalue weighted by atomic mass is 10.1. The number of carbonyl (C=O) groups excluding carboxylic acids is 1. The van der Waals surface area contributed by atoms with Crippen molar-refractivity contribution in [3.05, 3.63) is 54.1 Å². The summed E-state index contributed by atoms with van der Waals surface area (Å²) in [7, 11) is 0. The van der Waals surface area contributed by atoms with Gasteiger partial charge in [0.15, 0.2) is 16.6 Å². The van der Waals surface area contributed by atoms with Crippen LogP contribution in [0.5, 0.6) is 11.5 Å². The third kappa shape index (κ3) is 2.60. The Labute approximate surface area is 132 Å². The van der Waals surface area contributed by atoms with E-state index in [1.165, 1.54) is 17.0 Å². The summed E-state index contributed by atoms with van der Waals surface area (Å²) in [5.41, 5.74) is 1.46. The maximum absolute atomic E-state index is 12.5. The maximum Gasteiger partial charge on any atom is 0.256 e. The molecule has 6 heteroatoms. The molecule has 1 fully saturated rings. The molecule has 3 rings (SSSR count). The van der Waals surface area contributed by atoms with Gasteiger partial charge in [0.05, 0.1) is 5.69 Å². The Bertz CT molecular complexity index is 733. The molecule has 22 heavy (non-hydrogen) atoms. The molecule has 0 saturated carbocycles. The smallest absolute Gasteiger partial charge is 0.256 e. The van der Waals surface area contributed by atoms with Gasteiger partial charge in [0.25, 0.3) is 5.91 Å². The normalized spacial score (nSPS) is 17.6. The van der Waals surface area contributed by atoms with Crippen molar-refractivity contribution in [3.8, 4) is 11.5 Å². The van der Waals surface area contributed by atoms with Crippen molar-refractivity contribution in [1.82, 2.24) is 5.32 Å². The SMILES string of the molecule is O=C1[C@H](Cc2ccc(O)c(O)c2)NC(=S)N1c1ccccc1. The van der Waals surface area contributed by atoms with Crippen molar-refractivity contribution in [2.24, 2.45) is 0 Å². The van der Waals surface area contributed by atoms with Gasteiger partial charge in [0.2, 0.25) is 0 Å².